The molecule has 1 aliphatic rings. The molecule has 1 aliphatic carbocycles. The van der Waals surface area contributed by atoms with Crippen molar-refractivity contribution in [2.24, 2.45) is 5.73 Å². The highest BCUT2D eigenvalue weighted by atomic mass is 16.1. The van der Waals surface area contributed by atoms with E-state index < -0.39 is 0 Å². The van der Waals surface area contributed by atoms with Gasteiger partial charge in [-0.3, -0.25) is 0 Å². The van der Waals surface area contributed by atoms with E-state index in [4.69, 9.17) is 5.73 Å². The second kappa shape index (κ2) is 5.28. The summed E-state index contributed by atoms with van der Waals surface area (Å²) in [6.45, 7) is 5.67. The first-order valence-corrected chi connectivity index (χ1v) is 7.86. The Labute approximate surface area is 125 Å². The van der Waals surface area contributed by atoms with Crippen molar-refractivity contribution < 1.29 is 4.79 Å². The molecule has 1 aromatic heterocycles. The Hall–Kier alpha value is -1.65. The van der Waals surface area contributed by atoms with Crippen LogP contribution < -0.4 is 10.2 Å². The maximum absolute atomic E-state index is 11.6. The molecule has 0 radical (unpaired) electrons. The van der Waals surface area contributed by atoms with E-state index >= 15 is 0 Å². The molecule has 0 spiro atoms. The molecule has 1 amide bonds. The number of amides is 1. The minimum Gasteiger partial charge on any atom is -0.358 e. The molecule has 1 heterocycles. The first-order valence-electron chi connectivity index (χ1n) is 7.86. The monoisotopic (exact) mass is 286 g/mol. The number of quaternary nitrogens is 1. The van der Waals surface area contributed by atoms with E-state index in [2.05, 4.69) is 37.0 Å². The lowest BCUT2D eigenvalue weighted by Crippen LogP contribution is -2.47. The number of carbonyl (C=O) groups is 1. The SMILES string of the molecule is CC[N+](C=O)(CC)c1ccc2[nH]c3c(c2c1)CC(N)CC3. The zero-order valence-electron chi connectivity index (χ0n) is 12.9. The van der Waals surface area contributed by atoms with Gasteiger partial charge in [-0.15, -0.1) is 0 Å². The first-order chi connectivity index (χ1) is 10.1. The van der Waals surface area contributed by atoms with Crippen LogP contribution in [-0.4, -0.2) is 30.5 Å². The van der Waals surface area contributed by atoms with Crippen molar-refractivity contribution in [1.82, 2.24) is 9.47 Å². The van der Waals surface area contributed by atoms with Gasteiger partial charge in [-0.05, 0) is 44.7 Å². The molecule has 2 aromatic rings. The van der Waals surface area contributed by atoms with Crippen molar-refractivity contribution in [1.29, 1.82) is 0 Å². The number of aryl methyl sites for hydroxylation is 1. The number of nitrogens with two attached hydrogens (primary N) is 1. The summed E-state index contributed by atoms with van der Waals surface area (Å²) in [4.78, 5) is 15.2. The summed E-state index contributed by atoms with van der Waals surface area (Å²) in [7, 11) is 0. The number of benzene rings is 1. The first kappa shape index (κ1) is 14.3. The third kappa shape index (κ3) is 2.19. The van der Waals surface area contributed by atoms with Gasteiger partial charge in [0.15, 0.2) is 0 Å². The lowest BCUT2D eigenvalue weighted by atomic mass is 9.92. The highest BCUT2D eigenvalue weighted by Crippen LogP contribution is 2.33. The standard InChI is InChI=1S/C17H24N3O/c1-3-20(4-2,11-21)13-6-8-17-15(10-13)14-9-12(18)5-7-16(14)19-17/h6,8,10-12,19H,3-5,7,9,18H2,1-2H3/q+1. The Bertz CT molecular complexity index is 670. The molecule has 3 N–H and O–H groups in total. The van der Waals surface area contributed by atoms with Gasteiger partial charge in [0.2, 0.25) is 0 Å². The summed E-state index contributed by atoms with van der Waals surface area (Å²) in [6, 6.07) is 6.62. The summed E-state index contributed by atoms with van der Waals surface area (Å²) in [6.07, 6.45) is 4.06. The Morgan fingerprint density at radius 1 is 1.38 bits per heavy atom. The fraction of sp³-hybridized carbons (Fsp3) is 0.471. The number of carbonyl (C=O) groups excluding carboxylic acids is 1. The Morgan fingerprint density at radius 3 is 2.81 bits per heavy atom. The van der Waals surface area contributed by atoms with Gasteiger partial charge < -0.3 is 10.7 Å². The van der Waals surface area contributed by atoms with Crippen molar-refractivity contribution in [3.63, 3.8) is 0 Å². The average Bonchev–Trinajstić information content (AvgIpc) is 2.87. The zero-order valence-corrected chi connectivity index (χ0v) is 12.9. The molecule has 112 valence electrons. The average molecular weight is 286 g/mol. The topological polar surface area (TPSA) is 58.9 Å². The van der Waals surface area contributed by atoms with Gasteiger partial charge in [-0.25, -0.2) is 9.28 Å². The van der Waals surface area contributed by atoms with Crippen LogP contribution in [0, 0.1) is 0 Å². The predicted molar refractivity (Wildman–Crippen MR) is 87.2 cm³/mol. The number of hydrogen-bond acceptors (Lipinski definition) is 2. The Kier molecular flexibility index (Phi) is 3.59. The van der Waals surface area contributed by atoms with Crippen LogP contribution in [0.2, 0.25) is 0 Å². The molecular weight excluding hydrogens is 262 g/mol. The molecule has 1 unspecified atom stereocenters. The van der Waals surface area contributed by atoms with Crippen LogP contribution in [0.3, 0.4) is 0 Å². The fourth-order valence-electron chi connectivity index (χ4n) is 3.51. The van der Waals surface area contributed by atoms with Crippen molar-refractivity contribution >= 4 is 23.0 Å². The van der Waals surface area contributed by atoms with Crippen LogP contribution in [0.25, 0.3) is 10.9 Å². The van der Waals surface area contributed by atoms with E-state index in [1.807, 2.05) is 0 Å². The van der Waals surface area contributed by atoms with E-state index in [0.29, 0.717) is 4.48 Å². The maximum atomic E-state index is 11.6. The minimum atomic E-state index is 0.253. The number of nitrogens with one attached hydrogen (secondary N) is 1. The van der Waals surface area contributed by atoms with Crippen LogP contribution in [0.4, 0.5) is 5.69 Å². The third-order valence-corrected chi connectivity index (χ3v) is 5.05. The lowest BCUT2D eigenvalue weighted by Gasteiger charge is -2.29. The molecule has 0 aliphatic heterocycles. The van der Waals surface area contributed by atoms with E-state index in [1.54, 1.807) is 0 Å². The zero-order chi connectivity index (χ0) is 15.0. The van der Waals surface area contributed by atoms with Gasteiger partial charge >= 0.3 is 6.41 Å². The fourth-order valence-corrected chi connectivity index (χ4v) is 3.51. The molecule has 4 heteroatoms. The number of aromatic amines is 1. The number of rotatable bonds is 4. The van der Waals surface area contributed by atoms with Gasteiger partial charge in [-0.2, -0.15) is 0 Å². The van der Waals surface area contributed by atoms with E-state index in [-0.39, 0.29) is 6.04 Å². The van der Waals surface area contributed by atoms with Crippen molar-refractivity contribution in [2.75, 3.05) is 13.1 Å². The second-order valence-electron chi connectivity index (χ2n) is 6.09. The van der Waals surface area contributed by atoms with Gasteiger partial charge in [0.05, 0.1) is 13.1 Å². The van der Waals surface area contributed by atoms with Crippen LogP contribution in [0.5, 0.6) is 0 Å². The van der Waals surface area contributed by atoms with Gasteiger partial charge in [0.25, 0.3) is 0 Å². The van der Waals surface area contributed by atoms with Crippen LogP contribution >= 0.6 is 0 Å². The number of hydrogen-bond donors (Lipinski definition) is 2. The lowest BCUT2D eigenvalue weighted by molar-refractivity contribution is -0.117. The van der Waals surface area contributed by atoms with Crippen LogP contribution in [0.15, 0.2) is 18.2 Å². The summed E-state index contributed by atoms with van der Waals surface area (Å²) < 4.78 is 0.377. The molecule has 0 fully saturated rings. The summed E-state index contributed by atoms with van der Waals surface area (Å²) >= 11 is 0. The molecule has 21 heavy (non-hydrogen) atoms. The van der Waals surface area contributed by atoms with Gasteiger partial charge in [-0.1, -0.05) is 0 Å². The summed E-state index contributed by atoms with van der Waals surface area (Å²) in [5.74, 6) is 0. The molecule has 4 nitrogen and oxygen atoms in total. The van der Waals surface area contributed by atoms with Gasteiger partial charge in [0, 0.05) is 34.8 Å². The van der Waals surface area contributed by atoms with E-state index in [0.717, 1.165) is 50.0 Å². The second-order valence-corrected chi connectivity index (χ2v) is 6.09. The molecule has 1 aromatic carbocycles. The maximum Gasteiger partial charge on any atom is 0.306 e. The van der Waals surface area contributed by atoms with Crippen molar-refractivity contribution in [3.05, 3.63) is 29.5 Å². The molecule has 1 atom stereocenters. The van der Waals surface area contributed by atoms with Crippen molar-refractivity contribution in [3.8, 4) is 0 Å². The van der Waals surface area contributed by atoms with E-state index in [9.17, 15) is 4.79 Å². The predicted octanol–water partition coefficient (Wildman–Crippen LogP) is 2.49. The largest absolute Gasteiger partial charge is 0.358 e. The molecule has 0 bridgehead atoms. The Balaban J connectivity index is 2.15. The highest BCUT2D eigenvalue weighted by Gasteiger charge is 2.28. The number of H-pyrrole nitrogens is 1. The molecule has 3 rings (SSSR count). The smallest absolute Gasteiger partial charge is 0.306 e. The molecule has 0 saturated heterocycles. The third-order valence-electron chi connectivity index (χ3n) is 5.05. The number of aromatic nitrogens is 1. The molecule has 0 saturated carbocycles. The number of fused-ring (bicyclic) bond motifs is 3. The number of nitrogens with zero attached hydrogens (tertiary/aromatic N) is 1. The minimum absolute atomic E-state index is 0.253. The highest BCUT2D eigenvalue weighted by molar-refractivity contribution is 5.89. The van der Waals surface area contributed by atoms with Crippen LogP contribution in [-0.2, 0) is 17.6 Å². The quantitative estimate of drug-likeness (QED) is 0.670. The summed E-state index contributed by atoms with van der Waals surface area (Å²) in [5, 5.41) is 1.24. The summed E-state index contributed by atoms with van der Waals surface area (Å²) in [5.41, 5.74) is 11.0. The van der Waals surface area contributed by atoms with Crippen LogP contribution in [0.1, 0.15) is 31.5 Å². The molecular formula is C17H24N3O+. The van der Waals surface area contributed by atoms with Crippen molar-refractivity contribution in [2.45, 2.75) is 39.2 Å². The van der Waals surface area contributed by atoms with E-state index in [1.165, 1.54) is 16.6 Å². The Morgan fingerprint density at radius 2 is 2.14 bits per heavy atom. The normalized spacial score (nSPS) is 18.7. The van der Waals surface area contributed by atoms with Gasteiger partial charge in [0.1, 0.15) is 5.69 Å².